The van der Waals surface area contributed by atoms with Crippen LogP contribution in [0, 0.1) is 20.8 Å². The van der Waals surface area contributed by atoms with Gasteiger partial charge in [-0.1, -0.05) is 34.9 Å². The molecule has 4 aromatic heterocycles. The first-order chi connectivity index (χ1) is 14.5. The molecule has 0 aliphatic heterocycles. The summed E-state index contributed by atoms with van der Waals surface area (Å²) in [6, 6.07) is 19.3. The van der Waals surface area contributed by atoms with Gasteiger partial charge in [0.15, 0.2) is 0 Å². The summed E-state index contributed by atoms with van der Waals surface area (Å²) in [5.74, 6) is 0.753. The monoisotopic (exact) mass is 539 g/mol. The van der Waals surface area contributed by atoms with Crippen LogP contribution in [-0.4, -0.2) is 21.9 Å². The quantitative estimate of drug-likeness (QED) is 0.184. The Bertz CT molecular complexity index is 966. The summed E-state index contributed by atoms with van der Waals surface area (Å²) in [4.78, 5) is 0. The number of pyridine rings is 4. The fourth-order valence-electron chi connectivity index (χ4n) is 2.26. The van der Waals surface area contributed by atoms with E-state index in [0.29, 0.717) is 18.9 Å². The van der Waals surface area contributed by atoms with Crippen molar-refractivity contribution in [2.75, 3.05) is 0 Å². The largest absolute Gasteiger partial charge is 2.00 e. The second-order valence-electron chi connectivity index (χ2n) is 5.76. The molecule has 193 valence electrons. The van der Waals surface area contributed by atoms with Crippen LogP contribution in [-0.2, 0) is 17.1 Å². The number of rotatable bonds is 4. The molecule has 0 bridgehead atoms. The molecule has 0 spiro atoms. The third-order valence-corrected chi connectivity index (χ3v) is 3.67. The zero-order valence-corrected chi connectivity index (χ0v) is 18.8. The summed E-state index contributed by atoms with van der Waals surface area (Å²) in [5, 5.41) is 52.9. The fourth-order valence-corrected chi connectivity index (χ4v) is 2.26. The number of hydrogen-bond acceptors (Lipinski definition) is 4. The topological polar surface area (TPSA) is 262 Å². The molecule has 14 nitrogen and oxygen atoms in total. The van der Waals surface area contributed by atoms with Gasteiger partial charge >= 0.3 is 17.1 Å². The Hall–Kier alpha value is -4.24. The number of hydrogen-bond donors (Lipinski definition) is 0. The van der Waals surface area contributed by atoms with E-state index in [2.05, 4.69) is 10.6 Å². The first kappa shape index (κ1) is 35.4. The van der Waals surface area contributed by atoms with E-state index in [4.69, 9.17) is 0 Å². The molecule has 0 aromatic carbocycles. The van der Waals surface area contributed by atoms with Gasteiger partial charge in [-0.15, -0.1) is 0 Å². The van der Waals surface area contributed by atoms with E-state index < -0.39 is 0 Å². The van der Waals surface area contributed by atoms with Crippen LogP contribution in [0.4, 0.5) is 23.3 Å². The molecule has 35 heavy (non-hydrogen) atoms. The van der Waals surface area contributed by atoms with E-state index >= 15 is 0 Å². The van der Waals surface area contributed by atoms with E-state index in [1.807, 2.05) is 0 Å². The maximum Gasteiger partial charge on any atom is 2.00 e. The summed E-state index contributed by atoms with van der Waals surface area (Å²) in [5.41, 5.74) is 0. The van der Waals surface area contributed by atoms with Crippen molar-refractivity contribution in [3.63, 3.8) is 0 Å². The normalized spacial score (nSPS) is 8.46. The Kier molecular flexibility index (Phi) is 17.4. The van der Waals surface area contributed by atoms with Gasteiger partial charge in [-0.3, -0.25) is 18.9 Å². The van der Waals surface area contributed by atoms with Gasteiger partial charge in [-0.25, -0.2) is 0 Å². The van der Waals surface area contributed by atoms with Crippen LogP contribution in [0.3, 0.4) is 0 Å². The SMILES string of the molecule is O.O.O.O.[Cu+2].[O-][n+]1ccccc1[N-]c1cccc[n+]1[O-].[O-][n+]1ccccc1[N-]c1cccc[n+]1[O-]. The summed E-state index contributed by atoms with van der Waals surface area (Å²) in [6.45, 7) is 0. The molecule has 1 radical (unpaired) electrons. The van der Waals surface area contributed by atoms with Crippen molar-refractivity contribution in [1.82, 2.24) is 0 Å². The molecule has 0 saturated heterocycles. The van der Waals surface area contributed by atoms with Crippen molar-refractivity contribution < 1.29 is 57.9 Å². The van der Waals surface area contributed by atoms with Crippen molar-refractivity contribution in [3.8, 4) is 0 Å². The molecule has 4 rings (SSSR count). The second-order valence-corrected chi connectivity index (χ2v) is 5.76. The average Bonchev–Trinajstić information content (AvgIpc) is 2.75. The summed E-state index contributed by atoms with van der Waals surface area (Å²) in [6.07, 6.45) is 5.32. The van der Waals surface area contributed by atoms with E-state index in [9.17, 15) is 20.8 Å². The number of nitrogens with zero attached hydrogens (tertiary/aromatic N) is 6. The Morgan fingerprint density at radius 2 is 0.600 bits per heavy atom. The molecule has 0 fully saturated rings. The molecule has 0 aliphatic carbocycles. The van der Waals surface area contributed by atoms with Gasteiger partial charge in [0.2, 0.25) is 0 Å². The van der Waals surface area contributed by atoms with Crippen molar-refractivity contribution >= 4 is 23.3 Å². The first-order valence-corrected chi connectivity index (χ1v) is 8.71. The third-order valence-electron chi connectivity index (χ3n) is 3.67. The van der Waals surface area contributed by atoms with Gasteiger partial charge in [-0.05, 0) is 24.3 Å². The van der Waals surface area contributed by atoms with Gasteiger partial charge in [0.1, 0.15) is 0 Å². The third kappa shape index (κ3) is 10.1. The molecular weight excluding hydrogens is 516 g/mol. The van der Waals surface area contributed by atoms with Gasteiger partial charge in [0.25, 0.3) is 23.3 Å². The predicted molar refractivity (Wildman–Crippen MR) is 121 cm³/mol. The van der Waals surface area contributed by atoms with Gasteiger partial charge in [0, 0.05) is 24.3 Å². The number of aromatic nitrogens is 4. The molecule has 0 amide bonds. The minimum atomic E-state index is 0. The molecule has 0 saturated carbocycles. The average molecular weight is 540 g/mol. The first-order valence-electron chi connectivity index (χ1n) is 8.71. The smallest absolute Gasteiger partial charge is 0.742 e. The van der Waals surface area contributed by atoms with E-state index in [1.54, 1.807) is 72.8 Å². The minimum Gasteiger partial charge on any atom is -0.742 e. The Morgan fingerprint density at radius 1 is 0.400 bits per heavy atom. The van der Waals surface area contributed by atoms with Crippen LogP contribution < -0.4 is 18.9 Å². The Labute approximate surface area is 210 Å². The van der Waals surface area contributed by atoms with Crippen molar-refractivity contribution in [2.45, 2.75) is 0 Å². The fraction of sp³-hybridized carbons (Fsp3) is 0. The van der Waals surface area contributed by atoms with Crippen molar-refractivity contribution in [1.29, 1.82) is 0 Å². The molecule has 0 unspecified atom stereocenters. The molecule has 0 atom stereocenters. The maximum absolute atomic E-state index is 11.2. The van der Waals surface area contributed by atoms with Gasteiger partial charge in [-0.2, -0.15) is 0 Å². The molecule has 0 aliphatic rings. The van der Waals surface area contributed by atoms with Crippen LogP contribution >= 0.6 is 0 Å². The van der Waals surface area contributed by atoms with E-state index in [0.717, 1.165) is 0 Å². The Morgan fingerprint density at radius 3 is 0.771 bits per heavy atom. The Balaban J connectivity index is -0.000000512. The van der Waals surface area contributed by atoms with Gasteiger partial charge < -0.3 is 42.7 Å². The molecule has 4 heterocycles. The summed E-state index contributed by atoms with van der Waals surface area (Å²) < 4.78 is 2.42. The zero-order valence-electron chi connectivity index (χ0n) is 17.9. The van der Waals surface area contributed by atoms with Crippen LogP contribution in [0.2, 0.25) is 0 Å². The van der Waals surface area contributed by atoms with Crippen LogP contribution in [0.1, 0.15) is 0 Å². The van der Waals surface area contributed by atoms with Crippen molar-refractivity contribution in [2.24, 2.45) is 0 Å². The molecule has 4 aromatic rings. The van der Waals surface area contributed by atoms with Crippen LogP contribution in [0.25, 0.3) is 10.6 Å². The van der Waals surface area contributed by atoms with E-state index in [-0.39, 0.29) is 62.2 Å². The minimum absolute atomic E-state index is 0. The summed E-state index contributed by atoms with van der Waals surface area (Å²) >= 11 is 0. The molecular formula is C20H24CuN6O8. The van der Waals surface area contributed by atoms with Gasteiger partial charge in [0.05, 0.1) is 24.8 Å². The molecule has 8 N–H and O–H groups in total. The van der Waals surface area contributed by atoms with Crippen molar-refractivity contribution in [3.05, 3.63) is 129 Å². The maximum atomic E-state index is 11.2. The van der Waals surface area contributed by atoms with Crippen LogP contribution in [0.5, 0.6) is 0 Å². The second kappa shape index (κ2) is 17.3. The standard InChI is InChI=1S/2C10H8N3O2.Cu.4H2O/c2*14-12-7-3-1-5-9(12)11-10-6-2-4-8-13(10)15;;;;;/h2*1-8H;;4*1H2/q2*-1;+2;;;;. The van der Waals surface area contributed by atoms with E-state index in [1.165, 1.54) is 24.8 Å². The zero-order chi connectivity index (χ0) is 21.3. The predicted octanol–water partition coefficient (Wildman–Crippen LogP) is -0.721. The molecule has 15 heteroatoms. The summed E-state index contributed by atoms with van der Waals surface area (Å²) in [7, 11) is 0. The van der Waals surface area contributed by atoms with Crippen LogP contribution in [0.15, 0.2) is 97.6 Å².